The quantitative estimate of drug-likeness (QED) is 0.870. The van der Waals surface area contributed by atoms with Gasteiger partial charge in [-0.3, -0.25) is 0 Å². The summed E-state index contributed by atoms with van der Waals surface area (Å²) in [5.74, 6) is -1.49. The lowest BCUT2D eigenvalue weighted by Crippen LogP contribution is -2.31. The lowest BCUT2D eigenvalue weighted by molar-refractivity contribution is 0.220. The largest absolute Gasteiger partial charge is 0.323 e. The fourth-order valence-electron chi connectivity index (χ4n) is 1.74. The van der Waals surface area contributed by atoms with Crippen LogP contribution in [0.15, 0.2) is 46.9 Å². The van der Waals surface area contributed by atoms with Crippen LogP contribution in [0.25, 0.3) is 0 Å². The minimum absolute atomic E-state index is 0.0518. The van der Waals surface area contributed by atoms with Crippen LogP contribution >= 0.6 is 15.9 Å². The Kier molecular flexibility index (Phi) is 4.90. The third kappa shape index (κ3) is 4.26. The molecule has 0 heterocycles. The SMILES string of the molecule is CN(Cc1ccc(Br)cc1)C(=O)Nc1ccc(F)cc1F. The molecule has 6 heteroatoms. The molecule has 0 atom stereocenters. The van der Waals surface area contributed by atoms with Crippen molar-refractivity contribution < 1.29 is 13.6 Å². The molecule has 1 N–H and O–H groups in total. The molecule has 0 unspecified atom stereocenters. The van der Waals surface area contributed by atoms with E-state index >= 15 is 0 Å². The Morgan fingerprint density at radius 1 is 1.19 bits per heavy atom. The molecule has 0 aliphatic rings. The van der Waals surface area contributed by atoms with Crippen molar-refractivity contribution in [3.05, 3.63) is 64.1 Å². The van der Waals surface area contributed by atoms with E-state index in [2.05, 4.69) is 21.2 Å². The Hall–Kier alpha value is -1.95. The van der Waals surface area contributed by atoms with Crippen LogP contribution in [0.2, 0.25) is 0 Å². The highest BCUT2D eigenvalue weighted by Gasteiger charge is 2.12. The molecule has 0 fully saturated rings. The standard InChI is InChI=1S/C15H13BrF2N2O/c1-20(9-10-2-4-11(16)5-3-10)15(21)19-14-7-6-12(17)8-13(14)18/h2-8H,9H2,1H3,(H,19,21). The maximum Gasteiger partial charge on any atom is 0.321 e. The predicted molar refractivity (Wildman–Crippen MR) is 81.0 cm³/mol. The minimum Gasteiger partial charge on any atom is -0.323 e. The molecule has 110 valence electrons. The number of amides is 2. The van der Waals surface area contributed by atoms with Crippen molar-refractivity contribution in [2.24, 2.45) is 0 Å². The first-order valence-electron chi connectivity index (χ1n) is 6.17. The zero-order valence-electron chi connectivity index (χ0n) is 11.2. The number of hydrogen-bond donors (Lipinski definition) is 1. The maximum atomic E-state index is 13.5. The number of hydrogen-bond acceptors (Lipinski definition) is 1. The lowest BCUT2D eigenvalue weighted by Gasteiger charge is -2.18. The zero-order valence-corrected chi connectivity index (χ0v) is 12.8. The predicted octanol–water partition coefficient (Wildman–Crippen LogP) is 4.39. The summed E-state index contributed by atoms with van der Waals surface area (Å²) in [4.78, 5) is 13.4. The van der Waals surface area contributed by atoms with Gasteiger partial charge in [-0.25, -0.2) is 13.6 Å². The van der Waals surface area contributed by atoms with Gasteiger partial charge in [0.25, 0.3) is 0 Å². The van der Waals surface area contributed by atoms with Gasteiger partial charge in [-0.1, -0.05) is 28.1 Å². The third-order valence-corrected chi connectivity index (χ3v) is 3.38. The fraction of sp³-hybridized carbons (Fsp3) is 0.133. The van der Waals surface area contributed by atoms with Crippen molar-refractivity contribution in [2.75, 3.05) is 12.4 Å². The molecule has 0 radical (unpaired) electrons. The van der Waals surface area contributed by atoms with Crippen LogP contribution in [0.4, 0.5) is 19.3 Å². The number of nitrogens with zero attached hydrogens (tertiary/aromatic N) is 1. The van der Waals surface area contributed by atoms with E-state index in [1.165, 1.54) is 11.0 Å². The van der Waals surface area contributed by atoms with Crippen molar-refractivity contribution in [3.8, 4) is 0 Å². The molecule has 2 amide bonds. The van der Waals surface area contributed by atoms with Crippen LogP contribution in [0, 0.1) is 11.6 Å². The van der Waals surface area contributed by atoms with Crippen LogP contribution in [-0.2, 0) is 6.54 Å². The Balaban J connectivity index is 2.00. The minimum atomic E-state index is -0.805. The summed E-state index contributed by atoms with van der Waals surface area (Å²) < 4.78 is 27.2. The number of halogens is 3. The molecule has 2 aromatic rings. The molecular formula is C15H13BrF2N2O. The molecule has 2 rings (SSSR count). The highest BCUT2D eigenvalue weighted by atomic mass is 79.9. The first-order valence-corrected chi connectivity index (χ1v) is 6.96. The average Bonchev–Trinajstić information content (AvgIpc) is 2.44. The molecule has 2 aromatic carbocycles. The highest BCUT2D eigenvalue weighted by molar-refractivity contribution is 9.10. The smallest absolute Gasteiger partial charge is 0.321 e. The van der Waals surface area contributed by atoms with E-state index in [0.717, 1.165) is 22.2 Å². The zero-order chi connectivity index (χ0) is 15.4. The molecular weight excluding hydrogens is 342 g/mol. The van der Waals surface area contributed by atoms with Gasteiger partial charge in [0.15, 0.2) is 0 Å². The van der Waals surface area contributed by atoms with E-state index in [1.54, 1.807) is 7.05 Å². The van der Waals surface area contributed by atoms with Gasteiger partial charge in [-0.05, 0) is 29.8 Å². The molecule has 0 saturated carbocycles. The summed E-state index contributed by atoms with van der Waals surface area (Å²) in [6, 6.07) is 10.1. The van der Waals surface area contributed by atoms with E-state index in [9.17, 15) is 13.6 Å². The number of nitrogens with one attached hydrogen (secondary N) is 1. The first-order chi connectivity index (χ1) is 9.95. The number of anilines is 1. The molecule has 0 saturated heterocycles. The van der Waals surface area contributed by atoms with Crippen LogP contribution < -0.4 is 5.32 Å². The van der Waals surface area contributed by atoms with Crippen molar-refractivity contribution in [1.82, 2.24) is 4.90 Å². The van der Waals surface area contributed by atoms with Gasteiger partial charge in [-0.2, -0.15) is 0 Å². The van der Waals surface area contributed by atoms with E-state index in [1.807, 2.05) is 24.3 Å². The van der Waals surface area contributed by atoms with Crippen molar-refractivity contribution in [1.29, 1.82) is 0 Å². The molecule has 21 heavy (non-hydrogen) atoms. The van der Waals surface area contributed by atoms with Gasteiger partial charge in [0, 0.05) is 24.1 Å². The topological polar surface area (TPSA) is 32.3 Å². The summed E-state index contributed by atoms with van der Waals surface area (Å²) in [5, 5.41) is 2.40. The summed E-state index contributed by atoms with van der Waals surface area (Å²) in [7, 11) is 1.60. The van der Waals surface area contributed by atoms with E-state index < -0.39 is 17.7 Å². The Morgan fingerprint density at radius 3 is 2.48 bits per heavy atom. The summed E-state index contributed by atoms with van der Waals surface area (Å²) in [5.41, 5.74) is 0.888. The maximum absolute atomic E-state index is 13.5. The molecule has 0 aliphatic carbocycles. The second kappa shape index (κ2) is 6.67. The Morgan fingerprint density at radius 2 is 1.86 bits per heavy atom. The van der Waals surface area contributed by atoms with E-state index in [0.29, 0.717) is 6.54 Å². The van der Waals surface area contributed by atoms with Gasteiger partial charge >= 0.3 is 6.03 Å². The molecule has 0 aliphatic heterocycles. The number of urea groups is 1. The summed E-state index contributed by atoms with van der Waals surface area (Å²) in [6.45, 7) is 0.377. The summed E-state index contributed by atoms with van der Waals surface area (Å²) >= 11 is 3.33. The Bertz CT molecular complexity index is 647. The van der Waals surface area contributed by atoms with Gasteiger partial charge < -0.3 is 10.2 Å². The average molecular weight is 355 g/mol. The number of rotatable bonds is 3. The number of carbonyl (C=O) groups is 1. The fourth-order valence-corrected chi connectivity index (χ4v) is 2.00. The van der Waals surface area contributed by atoms with Crippen LogP contribution in [0.5, 0.6) is 0 Å². The van der Waals surface area contributed by atoms with Crippen molar-refractivity contribution >= 4 is 27.6 Å². The monoisotopic (exact) mass is 354 g/mol. The van der Waals surface area contributed by atoms with Gasteiger partial charge in [0.1, 0.15) is 11.6 Å². The number of benzene rings is 2. The first kappa shape index (κ1) is 15.4. The third-order valence-electron chi connectivity index (χ3n) is 2.85. The van der Waals surface area contributed by atoms with Gasteiger partial charge in [0.05, 0.1) is 5.69 Å². The summed E-state index contributed by atoms with van der Waals surface area (Å²) in [6.07, 6.45) is 0. The second-order valence-corrected chi connectivity index (χ2v) is 5.45. The molecule has 3 nitrogen and oxygen atoms in total. The highest BCUT2D eigenvalue weighted by Crippen LogP contribution is 2.16. The molecule has 0 bridgehead atoms. The molecule has 0 spiro atoms. The lowest BCUT2D eigenvalue weighted by atomic mass is 10.2. The van der Waals surface area contributed by atoms with Crippen LogP contribution in [0.1, 0.15) is 5.56 Å². The number of carbonyl (C=O) groups excluding carboxylic acids is 1. The van der Waals surface area contributed by atoms with Gasteiger partial charge in [0.2, 0.25) is 0 Å². The Labute approximate surface area is 129 Å². The van der Waals surface area contributed by atoms with Crippen molar-refractivity contribution in [2.45, 2.75) is 6.54 Å². The molecule has 0 aromatic heterocycles. The normalized spacial score (nSPS) is 10.3. The van der Waals surface area contributed by atoms with Gasteiger partial charge in [-0.15, -0.1) is 0 Å². The van der Waals surface area contributed by atoms with E-state index in [4.69, 9.17) is 0 Å². The van der Waals surface area contributed by atoms with Crippen LogP contribution in [-0.4, -0.2) is 18.0 Å². The second-order valence-electron chi connectivity index (χ2n) is 4.54. The van der Waals surface area contributed by atoms with Crippen molar-refractivity contribution in [3.63, 3.8) is 0 Å². The van der Waals surface area contributed by atoms with Crippen LogP contribution in [0.3, 0.4) is 0 Å². The van der Waals surface area contributed by atoms with E-state index in [-0.39, 0.29) is 5.69 Å².